The number of aromatic nitrogens is 5. The number of hydrogen-bond donors (Lipinski definition) is 1. The van der Waals surface area contributed by atoms with Gasteiger partial charge in [0.1, 0.15) is 18.2 Å². The Kier molecular flexibility index (Phi) is 5.66. The third-order valence-electron chi connectivity index (χ3n) is 3.72. The summed E-state index contributed by atoms with van der Waals surface area (Å²) >= 11 is 0. The molecule has 2 heterocycles. The topological polar surface area (TPSA) is 116 Å². The van der Waals surface area contributed by atoms with Gasteiger partial charge < -0.3 is 15.2 Å². The molecule has 24 heavy (non-hydrogen) atoms. The molecule has 0 radical (unpaired) electrons. The first-order valence-corrected chi connectivity index (χ1v) is 8.04. The minimum atomic E-state index is -0.270. The maximum Gasteiger partial charge on any atom is 0.244 e. The molecule has 2 rings (SSSR count). The van der Waals surface area contributed by atoms with Gasteiger partial charge in [-0.2, -0.15) is 10.1 Å². The first-order valence-electron chi connectivity index (χ1n) is 8.04. The van der Waals surface area contributed by atoms with Crippen LogP contribution in [0, 0.1) is 12.8 Å². The molecule has 9 heteroatoms. The van der Waals surface area contributed by atoms with Crippen molar-refractivity contribution in [2.45, 2.75) is 53.2 Å². The second-order valence-electron chi connectivity index (χ2n) is 6.15. The van der Waals surface area contributed by atoms with Crippen molar-refractivity contribution in [1.82, 2.24) is 29.8 Å². The van der Waals surface area contributed by atoms with Crippen LogP contribution in [0.25, 0.3) is 0 Å². The molecule has 0 bridgehead atoms. The Hall–Kier alpha value is -2.29. The second-order valence-corrected chi connectivity index (χ2v) is 6.15. The number of nitrogens with zero attached hydrogens (tertiary/aromatic N) is 6. The highest BCUT2D eigenvalue weighted by atomic mass is 16.5. The molecule has 1 atom stereocenters. The maximum atomic E-state index is 12.5. The summed E-state index contributed by atoms with van der Waals surface area (Å²) in [6.45, 7) is 8.09. The highest BCUT2D eigenvalue weighted by Gasteiger charge is 2.21. The summed E-state index contributed by atoms with van der Waals surface area (Å²) in [6, 6.07) is -0.270. The first kappa shape index (κ1) is 18.1. The van der Waals surface area contributed by atoms with Crippen LogP contribution in [-0.4, -0.2) is 42.8 Å². The molecule has 132 valence electrons. The van der Waals surface area contributed by atoms with Crippen molar-refractivity contribution in [2.24, 2.45) is 11.7 Å². The van der Waals surface area contributed by atoms with Crippen molar-refractivity contribution in [3.8, 4) is 0 Å². The van der Waals surface area contributed by atoms with E-state index < -0.39 is 0 Å². The van der Waals surface area contributed by atoms with Gasteiger partial charge in [-0.3, -0.25) is 4.79 Å². The van der Waals surface area contributed by atoms with Crippen molar-refractivity contribution in [2.75, 3.05) is 7.05 Å². The maximum absolute atomic E-state index is 12.5. The number of aryl methyl sites for hydroxylation is 2. The summed E-state index contributed by atoms with van der Waals surface area (Å²) in [5.41, 5.74) is 6.16. The zero-order chi connectivity index (χ0) is 17.9. The van der Waals surface area contributed by atoms with Crippen LogP contribution < -0.4 is 5.73 Å². The van der Waals surface area contributed by atoms with Gasteiger partial charge in [0.15, 0.2) is 5.82 Å². The van der Waals surface area contributed by atoms with Gasteiger partial charge in [-0.25, -0.2) is 9.67 Å². The fourth-order valence-electron chi connectivity index (χ4n) is 2.18. The quantitative estimate of drug-likeness (QED) is 0.797. The Morgan fingerprint density at radius 1 is 1.38 bits per heavy atom. The molecule has 0 fully saturated rings. The predicted molar refractivity (Wildman–Crippen MR) is 86.7 cm³/mol. The van der Waals surface area contributed by atoms with E-state index in [-0.39, 0.29) is 31.0 Å². The summed E-state index contributed by atoms with van der Waals surface area (Å²) < 4.78 is 6.63. The lowest BCUT2D eigenvalue weighted by Crippen LogP contribution is -2.32. The van der Waals surface area contributed by atoms with Crippen molar-refractivity contribution in [3.63, 3.8) is 0 Å². The molecule has 0 aromatic carbocycles. The number of amides is 1. The van der Waals surface area contributed by atoms with Crippen molar-refractivity contribution in [1.29, 1.82) is 0 Å². The molecule has 9 nitrogen and oxygen atoms in total. The van der Waals surface area contributed by atoms with E-state index in [9.17, 15) is 4.79 Å². The summed E-state index contributed by atoms with van der Waals surface area (Å²) in [5, 5.41) is 8.14. The first-order chi connectivity index (χ1) is 11.3. The normalized spacial score (nSPS) is 12.6. The summed E-state index contributed by atoms with van der Waals surface area (Å²) in [7, 11) is 1.69. The molecule has 2 N–H and O–H groups in total. The van der Waals surface area contributed by atoms with Crippen molar-refractivity contribution < 1.29 is 9.32 Å². The third kappa shape index (κ3) is 4.16. The number of likely N-dealkylation sites (N-methyl/N-ethyl adjacent to an activating group) is 1. The van der Waals surface area contributed by atoms with Crippen LogP contribution in [0.2, 0.25) is 0 Å². The average molecular weight is 335 g/mol. The Morgan fingerprint density at radius 2 is 2.08 bits per heavy atom. The third-order valence-corrected chi connectivity index (χ3v) is 3.72. The largest absolute Gasteiger partial charge is 0.339 e. The second kappa shape index (κ2) is 7.52. The Bertz CT molecular complexity index is 692. The molecule has 0 aliphatic heterocycles. The van der Waals surface area contributed by atoms with E-state index >= 15 is 0 Å². The molecule has 0 unspecified atom stereocenters. The van der Waals surface area contributed by atoms with Gasteiger partial charge in [0.25, 0.3) is 0 Å². The standard InChI is InChI=1S/C15H25N7O2/c1-6-12-18-11(20-24-12)7-21(5)13(23)8-22-15(14(16)9(2)3)17-10(4)19-22/h9,14H,6-8,16H2,1-5H3/t14-/m0/s1. The molecule has 1 amide bonds. The number of hydrogen-bond acceptors (Lipinski definition) is 7. The smallest absolute Gasteiger partial charge is 0.244 e. The van der Waals surface area contributed by atoms with Gasteiger partial charge >= 0.3 is 0 Å². The van der Waals surface area contributed by atoms with E-state index in [2.05, 4.69) is 20.2 Å². The predicted octanol–water partition coefficient (Wildman–Crippen LogP) is 0.846. The molecule has 2 aromatic heterocycles. The lowest BCUT2D eigenvalue weighted by atomic mass is 10.1. The zero-order valence-electron chi connectivity index (χ0n) is 14.9. The van der Waals surface area contributed by atoms with Crippen LogP contribution in [0.5, 0.6) is 0 Å². The van der Waals surface area contributed by atoms with E-state index in [4.69, 9.17) is 10.3 Å². The molecule has 0 spiro atoms. The number of carbonyl (C=O) groups excluding carboxylic acids is 1. The number of rotatable bonds is 7. The van der Waals surface area contributed by atoms with Gasteiger partial charge in [-0.15, -0.1) is 0 Å². The molecule has 0 saturated heterocycles. The van der Waals surface area contributed by atoms with Gasteiger partial charge in [-0.1, -0.05) is 25.9 Å². The Morgan fingerprint density at radius 3 is 2.67 bits per heavy atom. The van der Waals surface area contributed by atoms with Crippen LogP contribution in [0.1, 0.15) is 50.2 Å². The van der Waals surface area contributed by atoms with Crippen LogP contribution in [0.3, 0.4) is 0 Å². The van der Waals surface area contributed by atoms with Crippen LogP contribution in [0.4, 0.5) is 0 Å². The molecular formula is C15H25N7O2. The van der Waals surface area contributed by atoms with Gasteiger partial charge in [0, 0.05) is 13.5 Å². The van der Waals surface area contributed by atoms with Gasteiger partial charge in [-0.05, 0) is 12.8 Å². The van der Waals surface area contributed by atoms with Crippen LogP contribution >= 0.6 is 0 Å². The number of nitrogens with two attached hydrogens (primary N) is 1. The number of carbonyl (C=O) groups is 1. The average Bonchev–Trinajstić information content (AvgIpc) is 3.12. The van der Waals surface area contributed by atoms with Gasteiger partial charge in [0.05, 0.1) is 12.6 Å². The molecule has 0 saturated carbocycles. The lowest BCUT2D eigenvalue weighted by molar-refractivity contribution is -0.131. The van der Waals surface area contributed by atoms with Crippen molar-refractivity contribution in [3.05, 3.63) is 23.4 Å². The minimum absolute atomic E-state index is 0.0750. The van der Waals surface area contributed by atoms with E-state index in [0.717, 1.165) is 0 Å². The SMILES string of the molecule is CCc1nc(CN(C)C(=O)Cn2nc(C)nc2[C@@H](N)C(C)C)no1. The summed E-state index contributed by atoms with van der Waals surface area (Å²) in [6.07, 6.45) is 0.666. The monoisotopic (exact) mass is 335 g/mol. The van der Waals surface area contributed by atoms with Crippen molar-refractivity contribution >= 4 is 5.91 Å². The zero-order valence-corrected chi connectivity index (χ0v) is 14.9. The molecule has 0 aliphatic carbocycles. The highest BCUT2D eigenvalue weighted by molar-refractivity contribution is 5.75. The molecular weight excluding hydrogens is 310 g/mol. The summed E-state index contributed by atoms with van der Waals surface area (Å²) in [4.78, 5) is 22.6. The fourth-order valence-corrected chi connectivity index (χ4v) is 2.18. The molecule has 0 aliphatic rings. The fraction of sp³-hybridized carbons (Fsp3) is 0.667. The van der Waals surface area contributed by atoms with E-state index in [0.29, 0.717) is 29.8 Å². The van der Waals surface area contributed by atoms with E-state index in [1.807, 2.05) is 20.8 Å². The van der Waals surface area contributed by atoms with E-state index in [1.165, 1.54) is 4.90 Å². The van der Waals surface area contributed by atoms with Crippen LogP contribution in [0.15, 0.2) is 4.52 Å². The van der Waals surface area contributed by atoms with Crippen LogP contribution in [-0.2, 0) is 24.3 Å². The molecule has 2 aromatic rings. The highest BCUT2D eigenvalue weighted by Crippen LogP contribution is 2.17. The lowest BCUT2D eigenvalue weighted by Gasteiger charge is -2.18. The minimum Gasteiger partial charge on any atom is -0.339 e. The Labute approximate surface area is 141 Å². The summed E-state index contributed by atoms with van der Waals surface area (Å²) in [5.74, 6) is 2.34. The van der Waals surface area contributed by atoms with E-state index in [1.54, 1.807) is 18.7 Å². The van der Waals surface area contributed by atoms with Gasteiger partial charge in [0.2, 0.25) is 11.8 Å². The Balaban J connectivity index is 2.06.